The molecule has 1 N–H and O–H groups in total. The highest BCUT2D eigenvalue weighted by Gasteiger charge is 2.13. The number of halogens is 1. The van der Waals surface area contributed by atoms with Gasteiger partial charge in [-0.1, -0.05) is 30.3 Å². The summed E-state index contributed by atoms with van der Waals surface area (Å²) in [5, 5.41) is 2.80. The van der Waals surface area contributed by atoms with Crippen molar-refractivity contribution in [3.05, 3.63) is 65.7 Å². The fourth-order valence-electron chi connectivity index (χ4n) is 1.96. The van der Waals surface area contributed by atoms with Crippen LogP contribution in [0.2, 0.25) is 0 Å². The Bertz CT molecular complexity index is 572. The molecule has 0 saturated carbocycles. The minimum atomic E-state index is -0.597. The first-order chi connectivity index (χ1) is 9.66. The van der Waals surface area contributed by atoms with Crippen molar-refractivity contribution in [3.63, 3.8) is 0 Å². The molecule has 20 heavy (non-hydrogen) atoms. The normalized spacial score (nSPS) is 11.9. The van der Waals surface area contributed by atoms with Crippen LogP contribution >= 0.6 is 0 Å². The number of pyridine rings is 1. The Morgan fingerprint density at radius 1 is 1.30 bits per heavy atom. The largest absolute Gasteiger partial charge is 0.349 e. The minimum Gasteiger partial charge on any atom is -0.349 e. The van der Waals surface area contributed by atoms with Crippen LogP contribution < -0.4 is 5.32 Å². The predicted molar refractivity (Wildman–Crippen MR) is 75.9 cm³/mol. The molecule has 104 valence electrons. The van der Waals surface area contributed by atoms with E-state index in [1.807, 2.05) is 25.1 Å². The van der Waals surface area contributed by atoms with E-state index in [-0.39, 0.29) is 11.6 Å². The van der Waals surface area contributed by atoms with Crippen molar-refractivity contribution in [3.8, 4) is 0 Å². The van der Waals surface area contributed by atoms with Crippen LogP contribution in [0.15, 0.2) is 48.8 Å². The van der Waals surface area contributed by atoms with Crippen molar-refractivity contribution >= 4 is 5.91 Å². The number of aryl methyl sites for hydroxylation is 1. The zero-order valence-corrected chi connectivity index (χ0v) is 11.3. The number of nitrogens with one attached hydrogen (secondary N) is 1. The average Bonchev–Trinajstić information content (AvgIpc) is 2.46. The third kappa shape index (κ3) is 3.88. The summed E-state index contributed by atoms with van der Waals surface area (Å²) in [7, 11) is 0. The summed E-state index contributed by atoms with van der Waals surface area (Å²) in [4.78, 5) is 15.5. The molecule has 0 aliphatic heterocycles. The fourth-order valence-corrected chi connectivity index (χ4v) is 1.96. The third-order valence-electron chi connectivity index (χ3n) is 3.10. The molecule has 1 unspecified atom stereocenters. The highest BCUT2D eigenvalue weighted by Crippen LogP contribution is 2.07. The lowest BCUT2D eigenvalue weighted by atomic mass is 10.1. The van der Waals surface area contributed by atoms with E-state index in [4.69, 9.17) is 0 Å². The Labute approximate surface area is 117 Å². The van der Waals surface area contributed by atoms with Gasteiger partial charge in [0.1, 0.15) is 0 Å². The molecule has 0 fully saturated rings. The van der Waals surface area contributed by atoms with Crippen molar-refractivity contribution in [2.45, 2.75) is 25.8 Å². The number of hydrogen-bond donors (Lipinski definition) is 1. The SMILES string of the molecule is CC(CCc1ccccc1)NC(=O)c1ccncc1F. The smallest absolute Gasteiger partial charge is 0.254 e. The van der Waals surface area contributed by atoms with Crippen molar-refractivity contribution in [2.75, 3.05) is 0 Å². The van der Waals surface area contributed by atoms with Crippen LogP contribution in [0.5, 0.6) is 0 Å². The molecule has 1 amide bonds. The summed E-state index contributed by atoms with van der Waals surface area (Å²) in [5.74, 6) is -0.995. The Morgan fingerprint density at radius 3 is 2.75 bits per heavy atom. The van der Waals surface area contributed by atoms with E-state index in [2.05, 4.69) is 22.4 Å². The lowest BCUT2D eigenvalue weighted by Crippen LogP contribution is -2.33. The summed E-state index contributed by atoms with van der Waals surface area (Å²) in [6.07, 6.45) is 4.14. The topological polar surface area (TPSA) is 42.0 Å². The minimum absolute atomic E-state index is 0.0183. The van der Waals surface area contributed by atoms with Crippen LogP contribution in [0.1, 0.15) is 29.3 Å². The van der Waals surface area contributed by atoms with Gasteiger partial charge < -0.3 is 5.32 Å². The molecule has 1 atom stereocenters. The molecule has 1 aromatic carbocycles. The van der Waals surface area contributed by atoms with E-state index in [1.165, 1.54) is 17.8 Å². The van der Waals surface area contributed by atoms with Gasteiger partial charge >= 0.3 is 0 Å². The molecule has 3 nitrogen and oxygen atoms in total. The van der Waals surface area contributed by atoms with Crippen LogP contribution in [0.25, 0.3) is 0 Å². The van der Waals surface area contributed by atoms with E-state index in [9.17, 15) is 9.18 Å². The third-order valence-corrected chi connectivity index (χ3v) is 3.10. The highest BCUT2D eigenvalue weighted by molar-refractivity contribution is 5.94. The van der Waals surface area contributed by atoms with Crippen molar-refractivity contribution in [1.82, 2.24) is 10.3 Å². The number of hydrogen-bond acceptors (Lipinski definition) is 2. The molecule has 0 bridgehead atoms. The van der Waals surface area contributed by atoms with Crippen molar-refractivity contribution in [2.24, 2.45) is 0 Å². The number of benzene rings is 1. The molecule has 1 heterocycles. The summed E-state index contributed by atoms with van der Waals surface area (Å²) in [5.41, 5.74) is 1.26. The summed E-state index contributed by atoms with van der Waals surface area (Å²) in [6.45, 7) is 1.92. The van der Waals surface area contributed by atoms with E-state index in [1.54, 1.807) is 0 Å². The Hall–Kier alpha value is -2.23. The molecular formula is C16H17FN2O. The van der Waals surface area contributed by atoms with Crippen LogP contribution in [0.3, 0.4) is 0 Å². The van der Waals surface area contributed by atoms with Gasteiger partial charge in [0, 0.05) is 12.2 Å². The predicted octanol–water partition coefficient (Wildman–Crippen LogP) is 2.97. The van der Waals surface area contributed by atoms with Gasteiger partial charge in [-0.15, -0.1) is 0 Å². The first kappa shape index (κ1) is 14.2. The standard InChI is InChI=1S/C16H17FN2O/c1-12(7-8-13-5-3-2-4-6-13)19-16(20)14-9-10-18-11-15(14)17/h2-6,9-12H,7-8H2,1H3,(H,19,20). The number of carbonyl (C=O) groups is 1. The molecule has 0 aliphatic carbocycles. The molecule has 0 radical (unpaired) electrons. The van der Waals surface area contributed by atoms with Gasteiger partial charge in [0.2, 0.25) is 0 Å². The van der Waals surface area contributed by atoms with Gasteiger partial charge in [0.25, 0.3) is 5.91 Å². The molecule has 0 spiro atoms. The zero-order chi connectivity index (χ0) is 14.4. The first-order valence-electron chi connectivity index (χ1n) is 6.61. The Morgan fingerprint density at radius 2 is 2.05 bits per heavy atom. The maximum absolute atomic E-state index is 13.4. The van der Waals surface area contributed by atoms with E-state index in [0.29, 0.717) is 0 Å². The Kier molecular flexibility index (Phi) is 4.82. The van der Waals surface area contributed by atoms with Crippen LogP contribution in [0.4, 0.5) is 4.39 Å². The van der Waals surface area contributed by atoms with Gasteiger partial charge in [0.15, 0.2) is 5.82 Å². The van der Waals surface area contributed by atoms with Gasteiger partial charge in [-0.05, 0) is 31.4 Å². The zero-order valence-electron chi connectivity index (χ0n) is 11.3. The monoisotopic (exact) mass is 272 g/mol. The molecular weight excluding hydrogens is 255 g/mol. The molecule has 4 heteroatoms. The van der Waals surface area contributed by atoms with E-state index >= 15 is 0 Å². The van der Waals surface area contributed by atoms with Gasteiger partial charge in [-0.2, -0.15) is 0 Å². The lowest BCUT2D eigenvalue weighted by Gasteiger charge is -2.14. The summed E-state index contributed by atoms with van der Waals surface area (Å²) < 4.78 is 13.4. The Balaban J connectivity index is 1.87. The van der Waals surface area contributed by atoms with Crippen LogP contribution in [-0.2, 0) is 6.42 Å². The number of aromatic nitrogens is 1. The van der Waals surface area contributed by atoms with Crippen LogP contribution in [0, 0.1) is 5.82 Å². The van der Waals surface area contributed by atoms with Gasteiger partial charge in [-0.3, -0.25) is 9.78 Å². The average molecular weight is 272 g/mol. The first-order valence-corrected chi connectivity index (χ1v) is 6.61. The van der Waals surface area contributed by atoms with E-state index < -0.39 is 11.7 Å². The van der Waals surface area contributed by atoms with Crippen LogP contribution in [-0.4, -0.2) is 16.9 Å². The number of nitrogens with zero attached hydrogens (tertiary/aromatic N) is 1. The van der Waals surface area contributed by atoms with Crippen molar-refractivity contribution < 1.29 is 9.18 Å². The molecule has 0 saturated heterocycles. The second-order valence-corrected chi connectivity index (χ2v) is 4.75. The molecule has 2 rings (SSSR count). The maximum atomic E-state index is 13.4. The second-order valence-electron chi connectivity index (χ2n) is 4.75. The number of rotatable bonds is 5. The van der Waals surface area contributed by atoms with Crippen molar-refractivity contribution in [1.29, 1.82) is 0 Å². The van der Waals surface area contributed by atoms with Gasteiger partial charge in [-0.25, -0.2) is 4.39 Å². The number of carbonyl (C=O) groups excluding carboxylic acids is 1. The lowest BCUT2D eigenvalue weighted by molar-refractivity contribution is 0.0934. The second kappa shape index (κ2) is 6.80. The summed E-state index contributed by atoms with van der Waals surface area (Å²) in [6, 6.07) is 11.4. The summed E-state index contributed by atoms with van der Waals surface area (Å²) >= 11 is 0. The molecule has 2 aromatic rings. The quantitative estimate of drug-likeness (QED) is 0.909. The fraction of sp³-hybridized carbons (Fsp3) is 0.250. The van der Waals surface area contributed by atoms with Gasteiger partial charge in [0.05, 0.1) is 11.8 Å². The molecule has 1 aromatic heterocycles. The maximum Gasteiger partial charge on any atom is 0.254 e. The molecule has 0 aliphatic rings. The highest BCUT2D eigenvalue weighted by atomic mass is 19.1. The van der Waals surface area contributed by atoms with E-state index in [0.717, 1.165) is 19.0 Å². The number of amides is 1.